The van der Waals surface area contributed by atoms with E-state index in [9.17, 15) is 13.0 Å². The standard InChI is InChI=1S/C25H28N2O3S/c1-3-26-24-12-8-20(9-13-24)16-21-10-14-25(15-11-21)27(4-2)18-22-6-5-7-23(17-22)19-31(28,29)30/h5-17H,3-4,18-19H2,1-2H3,(H,28,29,30). The number of allylic oxidation sites excluding steroid dienone is 5. The molecule has 5 nitrogen and oxygen atoms in total. The van der Waals surface area contributed by atoms with Crippen LogP contribution >= 0.6 is 0 Å². The molecule has 0 saturated carbocycles. The first-order valence-corrected chi connectivity index (χ1v) is 12.0. The molecule has 0 aromatic heterocycles. The monoisotopic (exact) mass is 436 g/mol. The van der Waals surface area contributed by atoms with Crippen molar-refractivity contribution in [3.8, 4) is 0 Å². The number of anilines is 1. The summed E-state index contributed by atoms with van der Waals surface area (Å²) < 4.78 is 35.4. The first-order chi connectivity index (χ1) is 14.9. The Kier molecular flexibility index (Phi) is 7.60. The lowest BCUT2D eigenvalue weighted by molar-refractivity contribution is -0.539. The van der Waals surface area contributed by atoms with Gasteiger partial charge in [0.1, 0.15) is 6.54 Å². The quantitative estimate of drug-likeness (QED) is 0.493. The summed E-state index contributed by atoms with van der Waals surface area (Å²) in [7, 11) is -4.29. The molecular formula is C25H28N2O3S. The van der Waals surface area contributed by atoms with E-state index in [-0.39, 0.29) is 0 Å². The van der Waals surface area contributed by atoms with Gasteiger partial charge in [0.05, 0.1) is 15.9 Å². The van der Waals surface area contributed by atoms with E-state index in [1.807, 2.05) is 6.07 Å². The Morgan fingerprint density at radius 2 is 1.65 bits per heavy atom. The fraction of sp³-hybridized carbons (Fsp3) is 0.240. The van der Waals surface area contributed by atoms with Crippen molar-refractivity contribution >= 4 is 27.6 Å². The molecule has 1 aliphatic rings. The van der Waals surface area contributed by atoms with Gasteiger partial charge in [-0.1, -0.05) is 30.3 Å². The molecule has 6 heteroatoms. The third kappa shape index (κ3) is 7.05. The molecule has 0 saturated heterocycles. The molecule has 2 aromatic carbocycles. The van der Waals surface area contributed by atoms with Crippen LogP contribution in [0.3, 0.4) is 0 Å². The molecule has 0 bridgehead atoms. The summed E-state index contributed by atoms with van der Waals surface area (Å²) in [5, 5.41) is 3.29. The lowest BCUT2D eigenvalue weighted by atomic mass is 10.0. The highest BCUT2D eigenvalue weighted by atomic mass is 32.2. The number of rotatable bonds is 8. The maximum atomic E-state index is 11.0. The molecule has 1 N–H and O–H groups in total. The van der Waals surface area contributed by atoms with E-state index in [4.69, 9.17) is 0 Å². The van der Waals surface area contributed by atoms with Crippen molar-refractivity contribution in [2.24, 2.45) is 0 Å². The number of benzene rings is 2. The lowest BCUT2D eigenvalue weighted by Crippen LogP contribution is -2.19. The highest BCUT2D eigenvalue weighted by Crippen LogP contribution is 2.16. The second kappa shape index (κ2) is 10.4. The van der Waals surface area contributed by atoms with Gasteiger partial charge in [-0.05, 0) is 67.0 Å². The second-order valence-electron chi connectivity index (χ2n) is 7.42. The van der Waals surface area contributed by atoms with Crippen molar-refractivity contribution in [2.75, 3.05) is 18.4 Å². The Morgan fingerprint density at radius 3 is 2.26 bits per heavy atom. The first-order valence-electron chi connectivity index (χ1n) is 10.4. The van der Waals surface area contributed by atoms with Gasteiger partial charge in [-0.25, -0.2) is 13.0 Å². The van der Waals surface area contributed by atoms with Crippen molar-refractivity contribution < 1.29 is 17.5 Å². The van der Waals surface area contributed by atoms with Crippen LogP contribution in [0.2, 0.25) is 0 Å². The van der Waals surface area contributed by atoms with Gasteiger partial charge >= 0.3 is 0 Å². The zero-order valence-electron chi connectivity index (χ0n) is 17.9. The van der Waals surface area contributed by atoms with E-state index in [1.165, 1.54) is 0 Å². The Balaban J connectivity index is 1.74. The number of nitrogens with zero attached hydrogens (tertiary/aromatic N) is 1. The van der Waals surface area contributed by atoms with Gasteiger partial charge in [-0.2, -0.15) is 0 Å². The van der Waals surface area contributed by atoms with Crippen LogP contribution in [0.5, 0.6) is 0 Å². The van der Waals surface area contributed by atoms with Gasteiger partial charge in [0.15, 0.2) is 12.3 Å². The van der Waals surface area contributed by atoms with Crippen molar-refractivity contribution in [1.29, 1.82) is 0 Å². The topological polar surface area (TPSA) is 72.2 Å². The minimum absolute atomic E-state index is 0.479. The molecule has 0 amide bonds. The predicted molar refractivity (Wildman–Crippen MR) is 126 cm³/mol. The normalized spacial score (nSPS) is 13.4. The van der Waals surface area contributed by atoms with Crippen molar-refractivity contribution in [1.82, 2.24) is 0 Å². The molecule has 31 heavy (non-hydrogen) atoms. The lowest BCUT2D eigenvalue weighted by Gasteiger charge is -2.10. The molecule has 0 spiro atoms. The van der Waals surface area contributed by atoms with Gasteiger partial charge < -0.3 is 9.87 Å². The molecule has 0 radical (unpaired) electrons. The molecule has 2 aromatic rings. The summed E-state index contributed by atoms with van der Waals surface area (Å²) in [5.74, 6) is -0.479. The Hall–Kier alpha value is -2.96. The van der Waals surface area contributed by atoms with E-state index >= 15 is 0 Å². The van der Waals surface area contributed by atoms with E-state index < -0.39 is 15.9 Å². The maximum absolute atomic E-state index is 11.0. The van der Waals surface area contributed by atoms with Crippen LogP contribution in [0.15, 0.2) is 78.4 Å². The first kappa shape index (κ1) is 22.7. The molecular weight excluding hydrogens is 408 g/mol. The SMILES string of the molecule is CCNc1ccc(C=C2C=CC(=[N+](CC)Cc3cccc(CS(=O)(=O)[O-])c3)C=C2)cc1. The maximum Gasteiger partial charge on any atom is 0.200 e. The summed E-state index contributed by atoms with van der Waals surface area (Å²) in [6.45, 7) is 6.50. The van der Waals surface area contributed by atoms with Crippen molar-refractivity contribution in [3.05, 3.63) is 95.1 Å². The molecule has 162 valence electrons. The van der Waals surface area contributed by atoms with Gasteiger partial charge in [0.25, 0.3) is 0 Å². The summed E-state index contributed by atoms with van der Waals surface area (Å²) in [5.41, 5.74) is 5.97. The van der Waals surface area contributed by atoms with Gasteiger partial charge in [0, 0.05) is 29.9 Å². The zero-order chi connectivity index (χ0) is 22.3. The van der Waals surface area contributed by atoms with Crippen LogP contribution in [0.4, 0.5) is 5.69 Å². The smallest absolute Gasteiger partial charge is 0.200 e. The molecule has 3 rings (SSSR count). The van der Waals surface area contributed by atoms with Crippen LogP contribution in [-0.2, 0) is 22.4 Å². The van der Waals surface area contributed by atoms with Gasteiger partial charge in [-0.15, -0.1) is 0 Å². The van der Waals surface area contributed by atoms with E-state index in [0.717, 1.165) is 41.2 Å². The highest BCUT2D eigenvalue weighted by molar-refractivity contribution is 7.84. The summed E-state index contributed by atoms with van der Waals surface area (Å²) in [6, 6.07) is 15.6. The molecule has 0 aliphatic heterocycles. The Morgan fingerprint density at radius 1 is 0.968 bits per heavy atom. The van der Waals surface area contributed by atoms with Crippen LogP contribution in [0.25, 0.3) is 6.08 Å². The number of hydrogen-bond acceptors (Lipinski definition) is 4. The van der Waals surface area contributed by atoms with E-state index in [1.54, 1.807) is 18.2 Å². The molecule has 0 heterocycles. The summed E-state index contributed by atoms with van der Waals surface area (Å²) in [4.78, 5) is 0. The predicted octanol–water partition coefficient (Wildman–Crippen LogP) is 4.35. The zero-order valence-corrected chi connectivity index (χ0v) is 18.7. The number of nitrogens with one attached hydrogen (secondary N) is 1. The molecule has 1 aliphatic carbocycles. The van der Waals surface area contributed by atoms with Crippen LogP contribution in [-0.4, -0.2) is 36.3 Å². The van der Waals surface area contributed by atoms with E-state index in [2.05, 4.69) is 78.4 Å². The van der Waals surface area contributed by atoms with Gasteiger partial charge in [0.2, 0.25) is 0 Å². The Bertz CT molecular complexity index is 1120. The average Bonchev–Trinajstić information content (AvgIpc) is 2.73. The minimum atomic E-state index is -4.29. The van der Waals surface area contributed by atoms with Crippen molar-refractivity contribution in [2.45, 2.75) is 26.1 Å². The molecule has 0 fully saturated rings. The van der Waals surface area contributed by atoms with Gasteiger partial charge in [-0.3, -0.25) is 0 Å². The fourth-order valence-electron chi connectivity index (χ4n) is 3.50. The summed E-state index contributed by atoms with van der Waals surface area (Å²) >= 11 is 0. The van der Waals surface area contributed by atoms with Crippen LogP contribution in [0, 0.1) is 0 Å². The minimum Gasteiger partial charge on any atom is -0.748 e. The second-order valence-corrected chi connectivity index (χ2v) is 8.83. The van der Waals surface area contributed by atoms with Crippen LogP contribution < -0.4 is 5.32 Å². The molecule has 0 atom stereocenters. The van der Waals surface area contributed by atoms with Crippen LogP contribution in [0.1, 0.15) is 30.5 Å². The van der Waals surface area contributed by atoms with Crippen molar-refractivity contribution in [3.63, 3.8) is 0 Å². The summed E-state index contributed by atoms with van der Waals surface area (Å²) in [6.07, 6.45) is 10.5. The Labute approximate surface area is 184 Å². The average molecular weight is 437 g/mol. The largest absolute Gasteiger partial charge is 0.748 e. The third-order valence-electron chi connectivity index (χ3n) is 4.97. The number of hydrogen-bond donors (Lipinski definition) is 1. The molecule has 0 unspecified atom stereocenters. The fourth-order valence-corrected chi connectivity index (χ4v) is 4.09. The van der Waals surface area contributed by atoms with E-state index in [0.29, 0.717) is 12.1 Å². The third-order valence-corrected chi connectivity index (χ3v) is 5.66. The highest BCUT2D eigenvalue weighted by Gasteiger charge is 2.12.